The third-order valence-corrected chi connectivity index (χ3v) is 3.24. The summed E-state index contributed by atoms with van der Waals surface area (Å²) < 4.78 is 0. The van der Waals surface area contributed by atoms with Gasteiger partial charge in [0.15, 0.2) is 5.78 Å². The van der Waals surface area contributed by atoms with Crippen LogP contribution in [0.2, 0.25) is 0 Å². The van der Waals surface area contributed by atoms with Crippen LogP contribution in [0.4, 0.5) is 0 Å². The highest BCUT2D eigenvalue weighted by Gasteiger charge is 2.19. The van der Waals surface area contributed by atoms with Crippen LogP contribution in [0.15, 0.2) is 11.4 Å². The van der Waals surface area contributed by atoms with Crippen molar-refractivity contribution in [1.29, 1.82) is 0 Å². The molecular formula is C12H15NO4S. The molecule has 1 rings (SSSR count). The molecule has 18 heavy (non-hydrogen) atoms. The second-order valence-electron chi connectivity index (χ2n) is 3.88. The van der Waals surface area contributed by atoms with Crippen LogP contribution in [0.5, 0.6) is 0 Å². The number of thiophene rings is 1. The molecule has 5 nitrogen and oxygen atoms in total. The van der Waals surface area contributed by atoms with E-state index < -0.39 is 5.97 Å². The average molecular weight is 269 g/mol. The molecular weight excluding hydrogens is 254 g/mol. The monoisotopic (exact) mass is 269 g/mol. The van der Waals surface area contributed by atoms with E-state index >= 15 is 0 Å². The summed E-state index contributed by atoms with van der Waals surface area (Å²) in [7, 11) is 0. The van der Waals surface area contributed by atoms with Crippen molar-refractivity contribution in [2.75, 3.05) is 13.1 Å². The first kappa shape index (κ1) is 14.4. The molecule has 0 saturated heterocycles. The molecule has 0 saturated carbocycles. The molecule has 1 N–H and O–H groups in total. The van der Waals surface area contributed by atoms with Crippen LogP contribution in [0.1, 0.15) is 40.3 Å². The minimum Gasteiger partial charge on any atom is -0.480 e. The molecule has 0 aliphatic rings. The molecule has 6 heteroatoms. The first-order chi connectivity index (χ1) is 8.45. The number of aliphatic carboxylic acids is 1. The van der Waals surface area contributed by atoms with Gasteiger partial charge in [0, 0.05) is 17.5 Å². The smallest absolute Gasteiger partial charge is 0.323 e. The van der Waals surface area contributed by atoms with E-state index in [4.69, 9.17) is 5.11 Å². The average Bonchev–Trinajstić information content (AvgIpc) is 2.76. The van der Waals surface area contributed by atoms with Gasteiger partial charge in [-0.05, 0) is 19.4 Å². The number of carboxylic acids is 1. The number of hydrogen-bond acceptors (Lipinski definition) is 4. The Morgan fingerprint density at radius 3 is 2.50 bits per heavy atom. The molecule has 0 fully saturated rings. The van der Waals surface area contributed by atoms with E-state index in [0.29, 0.717) is 23.4 Å². The van der Waals surface area contributed by atoms with Gasteiger partial charge >= 0.3 is 5.97 Å². The summed E-state index contributed by atoms with van der Waals surface area (Å²) in [6.45, 7) is 3.37. The van der Waals surface area contributed by atoms with Crippen LogP contribution in [-0.4, -0.2) is 40.8 Å². The molecule has 98 valence electrons. The maximum Gasteiger partial charge on any atom is 0.323 e. The van der Waals surface area contributed by atoms with Gasteiger partial charge in [0.1, 0.15) is 6.54 Å². The molecule has 1 amide bonds. The van der Waals surface area contributed by atoms with Crippen LogP contribution in [0.25, 0.3) is 0 Å². The number of carboxylic acid groups (broad SMARTS) is 1. The van der Waals surface area contributed by atoms with Crippen molar-refractivity contribution >= 4 is 29.0 Å². The summed E-state index contributed by atoms with van der Waals surface area (Å²) in [5.74, 6) is -1.48. The van der Waals surface area contributed by atoms with Crippen LogP contribution in [-0.2, 0) is 4.79 Å². The lowest BCUT2D eigenvalue weighted by molar-refractivity contribution is -0.137. The predicted molar refractivity (Wildman–Crippen MR) is 68.2 cm³/mol. The van der Waals surface area contributed by atoms with E-state index in [0.717, 1.165) is 11.3 Å². The number of Topliss-reactive ketones (excluding diaryl/α,β-unsaturated/α-hetero) is 1. The van der Waals surface area contributed by atoms with Crippen molar-refractivity contribution in [3.8, 4) is 0 Å². The molecule has 0 bridgehead atoms. The lowest BCUT2D eigenvalue weighted by Gasteiger charge is -2.18. The summed E-state index contributed by atoms with van der Waals surface area (Å²) in [6, 6.07) is 1.51. The van der Waals surface area contributed by atoms with E-state index in [1.807, 2.05) is 6.92 Å². The summed E-state index contributed by atoms with van der Waals surface area (Å²) in [4.78, 5) is 35.6. The fourth-order valence-electron chi connectivity index (χ4n) is 1.47. The van der Waals surface area contributed by atoms with Gasteiger partial charge < -0.3 is 10.0 Å². The van der Waals surface area contributed by atoms with Gasteiger partial charge in [0.2, 0.25) is 0 Å². The van der Waals surface area contributed by atoms with Gasteiger partial charge in [-0.2, -0.15) is 0 Å². The first-order valence-corrected chi connectivity index (χ1v) is 6.44. The highest BCUT2D eigenvalue weighted by molar-refractivity contribution is 7.12. The molecule has 0 aliphatic carbocycles. The summed E-state index contributed by atoms with van der Waals surface area (Å²) in [5, 5.41) is 10.4. The Hall–Kier alpha value is -1.69. The van der Waals surface area contributed by atoms with E-state index in [-0.39, 0.29) is 18.2 Å². The van der Waals surface area contributed by atoms with Gasteiger partial charge in [0.05, 0.1) is 4.88 Å². The lowest BCUT2D eigenvalue weighted by atomic mass is 10.2. The number of carbonyl (C=O) groups excluding carboxylic acids is 2. The zero-order valence-corrected chi connectivity index (χ0v) is 11.1. The number of hydrogen-bond donors (Lipinski definition) is 1. The summed E-state index contributed by atoms with van der Waals surface area (Å²) in [5.41, 5.74) is 0.482. The zero-order chi connectivity index (χ0) is 13.7. The van der Waals surface area contributed by atoms with Crippen molar-refractivity contribution in [2.45, 2.75) is 20.3 Å². The van der Waals surface area contributed by atoms with Crippen LogP contribution >= 0.6 is 11.3 Å². The second kappa shape index (κ2) is 6.30. The quantitative estimate of drug-likeness (QED) is 0.800. The fourth-order valence-corrected chi connectivity index (χ4v) is 2.39. The molecule has 0 atom stereocenters. The molecule has 0 unspecified atom stereocenters. The normalized spacial score (nSPS) is 10.1. The predicted octanol–water partition coefficient (Wildman–Crippen LogP) is 1.89. The Morgan fingerprint density at radius 2 is 2.06 bits per heavy atom. The van der Waals surface area contributed by atoms with Crippen molar-refractivity contribution in [1.82, 2.24) is 4.90 Å². The molecule has 0 aliphatic heterocycles. The van der Waals surface area contributed by atoms with Crippen LogP contribution in [0, 0.1) is 0 Å². The maximum atomic E-state index is 12.1. The van der Waals surface area contributed by atoms with Crippen molar-refractivity contribution in [3.63, 3.8) is 0 Å². The third-order valence-electron chi connectivity index (χ3n) is 2.32. The van der Waals surface area contributed by atoms with E-state index in [1.165, 1.54) is 17.9 Å². The van der Waals surface area contributed by atoms with Gasteiger partial charge in [-0.15, -0.1) is 11.3 Å². The lowest BCUT2D eigenvalue weighted by Crippen LogP contribution is -2.35. The van der Waals surface area contributed by atoms with Gasteiger partial charge in [-0.3, -0.25) is 14.4 Å². The van der Waals surface area contributed by atoms with Crippen molar-refractivity contribution in [3.05, 3.63) is 21.9 Å². The Labute approximate surface area is 109 Å². The van der Waals surface area contributed by atoms with E-state index in [1.54, 1.807) is 5.38 Å². The van der Waals surface area contributed by atoms with Gasteiger partial charge in [-0.1, -0.05) is 6.92 Å². The van der Waals surface area contributed by atoms with E-state index in [9.17, 15) is 14.4 Å². The number of nitrogens with zero attached hydrogens (tertiary/aromatic N) is 1. The minimum absolute atomic E-state index is 0.106. The first-order valence-electron chi connectivity index (χ1n) is 5.56. The standard InChI is InChI=1S/C12H15NO4S/c1-3-4-13(6-11(15)16)12(17)10-5-9(7-18-10)8(2)14/h5,7H,3-4,6H2,1-2H3,(H,15,16). The van der Waals surface area contributed by atoms with Gasteiger partial charge in [-0.25, -0.2) is 0 Å². The number of rotatable bonds is 6. The van der Waals surface area contributed by atoms with Gasteiger partial charge in [0.25, 0.3) is 5.91 Å². The molecule has 0 radical (unpaired) electrons. The SMILES string of the molecule is CCCN(CC(=O)O)C(=O)c1cc(C(C)=O)cs1. The molecule has 1 heterocycles. The Kier molecular flexibility index (Phi) is 5.03. The maximum absolute atomic E-state index is 12.1. The number of carbonyl (C=O) groups is 3. The Bertz CT molecular complexity index is 466. The largest absolute Gasteiger partial charge is 0.480 e. The van der Waals surface area contributed by atoms with Crippen LogP contribution < -0.4 is 0 Å². The molecule has 0 aromatic carbocycles. The summed E-state index contributed by atoms with van der Waals surface area (Å²) >= 11 is 1.16. The molecule has 0 spiro atoms. The fraction of sp³-hybridized carbons (Fsp3) is 0.417. The number of ketones is 1. The zero-order valence-electron chi connectivity index (χ0n) is 10.3. The Balaban J connectivity index is 2.87. The van der Waals surface area contributed by atoms with Crippen molar-refractivity contribution < 1.29 is 19.5 Å². The molecule has 1 aromatic rings. The highest BCUT2D eigenvalue weighted by atomic mass is 32.1. The highest BCUT2D eigenvalue weighted by Crippen LogP contribution is 2.17. The van der Waals surface area contributed by atoms with Crippen molar-refractivity contribution in [2.24, 2.45) is 0 Å². The topological polar surface area (TPSA) is 74.7 Å². The second-order valence-corrected chi connectivity index (χ2v) is 4.79. The van der Waals surface area contributed by atoms with Crippen LogP contribution in [0.3, 0.4) is 0 Å². The van der Waals surface area contributed by atoms with E-state index in [2.05, 4.69) is 0 Å². The Morgan fingerprint density at radius 1 is 1.39 bits per heavy atom. The number of amides is 1. The third kappa shape index (κ3) is 3.66. The summed E-state index contributed by atoms with van der Waals surface area (Å²) in [6.07, 6.45) is 0.684. The minimum atomic E-state index is -1.04. The molecule has 1 aromatic heterocycles.